The third-order valence-electron chi connectivity index (χ3n) is 3.98. The summed E-state index contributed by atoms with van der Waals surface area (Å²) >= 11 is 0. The molecule has 2 aromatic carbocycles. The molecule has 0 aromatic heterocycles. The molecule has 0 aliphatic rings. The fourth-order valence-electron chi connectivity index (χ4n) is 2.28. The molecule has 3 nitrogen and oxygen atoms in total. The zero-order valence-electron chi connectivity index (χ0n) is 15.3. The first-order chi connectivity index (χ1) is 11.5. The van der Waals surface area contributed by atoms with Crippen LogP contribution < -0.4 is 14.8 Å². The van der Waals surface area contributed by atoms with Crippen LogP contribution in [0.25, 0.3) is 0 Å². The lowest BCUT2D eigenvalue weighted by Gasteiger charge is -2.12. The van der Waals surface area contributed by atoms with E-state index < -0.39 is 0 Å². The predicted molar refractivity (Wildman–Crippen MR) is 101 cm³/mol. The Balaban J connectivity index is 1.74. The van der Waals surface area contributed by atoms with Gasteiger partial charge in [0.1, 0.15) is 18.1 Å². The topological polar surface area (TPSA) is 30.5 Å². The van der Waals surface area contributed by atoms with Crippen LogP contribution in [0.5, 0.6) is 11.5 Å². The van der Waals surface area contributed by atoms with E-state index in [1.165, 1.54) is 11.1 Å². The van der Waals surface area contributed by atoms with E-state index in [2.05, 4.69) is 45.1 Å². The number of hydrogen-bond donors (Lipinski definition) is 1. The van der Waals surface area contributed by atoms with Gasteiger partial charge in [-0.3, -0.25) is 0 Å². The molecule has 0 saturated heterocycles. The van der Waals surface area contributed by atoms with Crippen molar-refractivity contribution in [2.24, 2.45) is 5.92 Å². The van der Waals surface area contributed by atoms with Crippen molar-refractivity contribution >= 4 is 5.69 Å². The molecule has 0 spiro atoms. The van der Waals surface area contributed by atoms with Crippen molar-refractivity contribution in [1.82, 2.24) is 0 Å². The van der Waals surface area contributed by atoms with Gasteiger partial charge in [0.2, 0.25) is 0 Å². The maximum Gasteiger partial charge on any atom is 0.121 e. The molecule has 0 heterocycles. The molecule has 0 radical (unpaired) electrons. The second kappa shape index (κ2) is 9.21. The molecule has 2 aromatic rings. The average molecular weight is 327 g/mol. The van der Waals surface area contributed by atoms with E-state index in [0.717, 1.165) is 36.8 Å². The number of anilines is 1. The minimum atomic E-state index is 0.626. The van der Waals surface area contributed by atoms with E-state index in [1.54, 1.807) is 0 Å². The van der Waals surface area contributed by atoms with Gasteiger partial charge < -0.3 is 14.8 Å². The van der Waals surface area contributed by atoms with Crippen molar-refractivity contribution in [3.8, 4) is 11.5 Å². The average Bonchev–Trinajstić information content (AvgIpc) is 2.55. The molecule has 0 bridgehead atoms. The molecule has 3 heteroatoms. The highest BCUT2D eigenvalue weighted by molar-refractivity contribution is 5.48. The Morgan fingerprint density at radius 3 is 2.38 bits per heavy atom. The molecular weight excluding hydrogens is 298 g/mol. The van der Waals surface area contributed by atoms with Gasteiger partial charge in [-0.2, -0.15) is 0 Å². The fourth-order valence-corrected chi connectivity index (χ4v) is 2.28. The third-order valence-corrected chi connectivity index (χ3v) is 3.98. The van der Waals surface area contributed by atoms with Crippen LogP contribution in [0.3, 0.4) is 0 Å². The van der Waals surface area contributed by atoms with Gasteiger partial charge >= 0.3 is 0 Å². The number of benzene rings is 2. The van der Waals surface area contributed by atoms with Crippen molar-refractivity contribution in [3.63, 3.8) is 0 Å². The highest BCUT2D eigenvalue weighted by atomic mass is 16.5. The molecule has 2 rings (SSSR count). The Kier molecular flexibility index (Phi) is 6.98. The predicted octanol–water partition coefficient (Wildman–Crippen LogP) is 5.22. The molecule has 130 valence electrons. The first-order valence-corrected chi connectivity index (χ1v) is 8.71. The Morgan fingerprint density at radius 1 is 0.875 bits per heavy atom. The van der Waals surface area contributed by atoms with Crippen LogP contribution in [0, 0.1) is 19.8 Å². The van der Waals surface area contributed by atoms with Crippen LogP contribution >= 0.6 is 0 Å². The van der Waals surface area contributed by atoms with E-state index in [4.69, 9.17) is 9.47 Å². The number of ether oxygens (including phenoxy) is 2. The molecule has 0 fully saturated rings. The largest absolute Gasteiger partial charge is 0.494 e. The molecule has 24 heavy (non-hydrogen) atoms. The summed E-state index contributed by atoms with van der Waals surface area (Å²) in [7, 11) is 0. The van der Waals surface area contributed by atoms with Crippen LogP contribution in [0.4, 0.5) is 5.69 Å². The lowest BCUT2D eigenvalue weighted by molar-refractivity contribution is 0.289. The van der Waals surface area contributed by atoms with E-state index in [9.17, 15) is 0 Å². The molecule has 0 atom stereocenters. The first-order valence-electron chi connectivity index (χ1n) is 8.71. The van der Waals surface area contributed by atoms with Gasteiger partial charge in [-0.1, -0.05) is 26.0 Å². The standard InChI is InChI=1S/C21H29NO2/c1-16(2)10-12-23-20-7-5-6-19(15-20)22-11-13-24-21-9-8-17(3)18(4)14-21/h5-9,14-16,22H,10-13H2,1-4H3. The maximum atomic E-state index is 5.79. The monoisotopic (exact) mass is 327 g/mol. The van der Waals surface area contributed by atoms with Gasteiger partial charge in [0.25, 0.3) is 0 Å². The van der Waals surface area contributed by atoms with Crippen LogP contribution in [-0.4, -0.2) is 19.8 Å². The minimum absolute atomic E-state index is 0.626. The normalized spacial score (nSPS) is 10.7. The zero-order valence-corrected chi connectivity index (χ0v) is 15.3. The molecule has 0 aliphatic heterocycles. The van der Waals surface area contributed by atoms with E-state index in [0.29, 0.717) is 12.5 Å². The summed E-state index contributed by atoms with van der Waals surface area (Å²) in [6.45, 7) is 10.8. The molecular formula is C21H29NO2. The van der Waals surface area contributed by atoms with Crippen LogP contribution in [0.1, 0.15) is 31.4 Å². The van der Waals surface area contributed by atoms with Crippen LogP contribution in [0.2, 0.25) is 0 Å². The highest BCUT2D eigenvalue weighted by Gasteiger charge is 2.00. The van der Waals surface area contributed by atoms with Crippen LogP contribution in [0.15, 0.2) is 42.5 Å². The second-order valence-electron chi connectivity index (χ2n) is 6.58. The molecule has 0 amide bonds. The van der Waals surface area contributed by atoms with Gasteiger partial charge in [-0.15, -0.1) is 0 Å². The number of aryl methyl sites for hydroxylation is 2. The number of hydrogen-bond acceptors (Lipinski definition) is 3. The summed E-state index contributed by atoms with van der Waals surface area (Å²) in [5, 5.41) is 3.38. The number of rotatable bonds is 9. The Hall–Kier alpha value is -2.16. The fraction of sp³-hybridized carbons (Fsp3) is 0.429. The van der Waals surface area contributed by atoms with E-state index in [1.807, 2.05) is 30.3 Å². The van der Waals surface area contributed by atoms with E-state index >= 15 is 0 Å². The van der Waals surface area contributed by atoms with Crippen molar-refractivity contribution in [1.29, 1.82) is 0 Å². The molecule has 0 unspecified atom stereocenters. The van der Waals surface area contributed by atoms with Crippen molar-refractivity contribution < 1.29 is 9.47 Å². The van der Waals surface area contributed by atoms with Gasteiger partial charge in [0, 0.05) is 18.3 Å². The van der Waals surface area contributed by atoms with Crippen molar-refractivity contribution in [2.75, 3.05) is 25.1 Å². The smallest absolute Gasteiger partial charge is 0.121 e. The van der Waals surface area contributed by atoms with E-state index in [-0.39, 0.29) is 0 Å². The summed E-state index contributed by atoms with van der Waals surface area (Å²) < 4.78 is 11.6. The minimum Gasteiger partial charge on any atom is -0.494 e. The lowest BCUT2D eigenvalue weighted by atomic mass is 10.1. The van der Waals surface area contributed by atoms with Gasteiger partial charge in [-0.05, 0) is 61.6 Å². The lowest BCUT2D eigenvalue weighted by Crippen LogP contribution is -2.11. The molecule has 1 N–H and O–H groups in total. The summed E-state index contributed by atoms with van der Waals surface area (Å²) in [4.78, 5) is 0. The Bertz CT molecular complexity index is 637. The summed E-state index contributed by atoms with van der Waals surface area (Å²) in [6.07, 6.45) is 1.07. The third kappa shape index (κ3) is 6.15. The Labute approximate surface area is 146 Å². The quantitative estimate of drug-likeness (QED) is 0.641. The first kappa shape index (κ1) is 18.2. The summed E-state index contributed by atoms with van der Waals surface area (Å²) in [5.41, 5.74) is 3.60. The maximum absolute atomic E-state index is 5.79. The SMILES string of the molecule is Cc1ccc(OCCNc2cccc(OCCC(C)C)c2)cc1C. The second-order valence-corrected chi connectivity index (χ2v) is 6.58. The molecule has 0 aliphatic carbocycles. The summed E-state index contributed by atoms with van der Waals surface area (Å²) in [6, 6.07) is 14.3. The zero-order chi connectivity index (χ0) is 17.4. The van der Waals surface area contributed by atoms with Crippen LogP contribution in [-0.2, 0) is 0 Å². The number of nitrogens with one attached hydrogen (secondary N) is 1. The Morgan fingerprint density at radius 2 is 1.62 bits per heavy atom. The van der Waals surface area contributed by atoms with Gasteiger partial charge in [-0.25, -0.2) is 0 Å². The van der Waals surface area contributed by atoms with Gasteiger partial charge in [0.05, 0.1) is 6.61 Å². The highest BCUT2D eigenvalue weighted by Crippen LogP contribution is 2.18. The van der Waals surface area contributed by atoms with Crippen molar-refractivity contribution in [2.45, 2.75) is 34.1 Å². The van der Waals surface area contributed by atoms with Gasteiger partial charge in [0.15, 0.2) is 0 Å². The summed E-state index contributed by atoms with van der Waals surface area (Å²) in [5.74, 6) is 2.50. The van der Waals surface area contributed by atoms with Crippen molar-refractivity contribution in [3.05, 3.63) is 53.6 Å². The molecule has 0 saturated carbocycles.